The summed E-state index contributed by atoms with van der Waals surface area (Å²) in [6, 6.07) is 14.9. The van der Waals surface area contributed by atoms with Crippen LogP contribution in [-0.2, 0) is 33.8 Å². The fourth-order valence-corrected chi connectivity index (χ4v) is 4.75. The second kappa shape index (κ2) is 14.7. The van der Waals surface area contributed by atoms with Crippen molar-refractivity contribution >= 4 is 63.6 Å². The number of carboxylic acid groups (broad SMARTS) is 1. The minimum absolute atomic E-state index is 0. The Labute approximate surface area is 243 Å². The molecular formula is C28H33Cl2N5O5. The molecular weight excluding hydrogens is 557 g/mol. The Morgan fingerprint density at radius 1 is 1.12 bits per heavy atom. The predicted octanol–water partition coefficient (Wildman–Crippen LogP) is 4.29. The van der Waals surface area contributed by atoms with Crippen LogP contribution in [0.3, 0.4) is 0 Å². The first kappa shape index (κ1) is 30.9. The number of aromatic nitrogens is 3. The highest BCUT2D eigenvalue weighted by Gasteiger charge is 2.18. The third kappa shape index (κ3) is 7.53. The summed E-state index contributed by atoms with van der Waals surface area (Å²) >= 11 is 5.90. The average Bonchev–Trinajstić information content (AvgIpc) is 3.31. The van der Waals surface area contributed by atoms with Gasteiger partial charge in [-0.3, -0.25) is 4.79 Å². The van der Waals surface area contributed by atoms with E-state index in [1.54, 1.807) is 30.2 Å². The molecule has 0 saturated carbocycles. The van der Waals surface area contributed by atoms with E-state index in [9.17, 15) is 9.59 Å². The lowest BCUT2D eigenvalue weighted by Gasteiger charge is -2.22. The van der Waals surface area contributed by atoms with Crippen LogP contribution in [0.5, 0.6) is 5.75 Å². The van der Waals surface area contributed by atoms with Crippen molar-refractivity contribution < 1.29 is 24.2 Å². The highest BCUT2D eigenvalue weighted by molar-refractivity contribution is 6.27. The first-order valence-corrected chi connectivity index (χ1v) is 13.2. The molecule has 0 aliphatic rings. The Hall–Kier alpha value is -3.60. The molecule has 0 unspecified atom stereocenters. The van der Waals surface area contributed by atoms with Crippen LogP contribution in [0.2, 0.25) is 0 Å². The topological polar surface area (TPSA) is 133 Å². The number of carboxylic acids is 1. The maximum Gasteiger partial charge on any atom is 0.341 e. The predicted molar refractivity (Wildman–Crippen MR) is 157 cm³/mol. The number of halogens is 2. The molecule has 10 nitrogen and oxygen atoms in total. The number of aryl methyl sites for hydroxylation is 1. The molecule has 4 rings (SSSR count). The van der Waals surface area contributed by atoms with Crippen LogP contribution < -0.4 is 10.5 Å². The van der Waals surface area contributed by atoms with E-state index in [0.717, 1.165) is 40.6 Å². The highest BCUT2D eigenvalue weighted by atomic mass is 35.5. The van der Waals surface area contributed by atoms with Gasteiger partial charge in [-0.05, 0) is 36.6 Å². The number of methoxy groups -OCH3 is 1. The fraction of sp³-hybridized carbons (Fsp3) is 0.357. The number of pyridine rings is 1. The second-order valence-corrected chi connectivity index (χ2v) is 9.39. The van der Waals surface area contributed by atoms with Gasteiger partial charge in [-0.1, -0.05) is 30.3 Å². The van der Waals surface area contributed by atoms with Crippen molar-refractivity contribution in [1.82, 2.24) is 19.4 Å². The molecule has 40 heavy (non-hydrogen) atoms. The molecule has 4 aromatic rings. The number of nitrogens with zero attached hydrogens (tertiary/aromatic N) is 4. The highest BCUT2D eigenvalue weighted by Crippen LogP contribution is 2.29. The Morgan fingerprint density at radius 2 is 1.93 bits per heavy atom. The number of aliphatic carboxylic acids is 1. The molecule has 0 radical (unpaired) electrons. The minimum Gasteiger partial charge on any atom is -0.482 e. The van der Waals surface area contributed by atoms with E-state index in [4.69, 9.17) is 36.9 Å². The van der Waals surface area contributed by atoms with Crippen molar-refractivity contribution in [2.24, 2.45) is 0 Å². The first-order chi connectivity index (χ1) is 18.9. The lowest BCUT2D eigenvalue weighted by atomic mass is 10.1. The van der Waals surface area contributed by atoms with E-state index in [1.807, 2.05) is 30.3 Å². The Bertz CT molecular complexity index is 1460. The van der Waals surface area contributed by atoms with Gasteiger partial charge in [-0.25, -0.2) is 14.8 Å². The van der Waals surface area contributed by atoms with Crippen molar-refractivity contribution in [2.75, 3.05) is 38.5 Å². The minimum atomic E-state index is -1.05. The lowest BCUT2D eigenvalue weighted by molar-refractivity contribution is -0.139. The van der Waals surface area contributed by atoms with Crippen molar-refractivity contribution in [3.05, 3.63) is 59.9 Å². The third-order valence-electron chi connectivity index (χ3n) is 6.38. The van der Waals surface area contributed by atoms with Crippen LogP contribution in [-0.4, -0.2) is 69.2 Å². The van der Waals surface area contributed by atoms with E-state index in [1.165, 1.54) is 0 Å². The molecule has 1 amide bonds. The monoisotopic (exact) mass is 589 g/mol. The second-order valence-electron chi connectivity index (χ2n) is 9.12. The molecule has 0 fully saturated rings. The molecule has 2 heterocycles. The number of unbranched alkanes of at least 4 members (excludes halogenated alkanes) is 1. The number of hydrogen-bond acceptors (Lipinski definition) is 7. The van der Waals surface area contributed by atoms with Gasteiger partial charge >= 0.3 is 5.97 Å². The smallest absolute Gasteiger partial charge is 0.341 e. The largest absolute Gasteiger partial charge is 0.482 e. The maximum absolute atomic E-state index is 12.6. The lowest BCUT2D eigenvalue weighted by Crippen LogP contribution is -2.32. The third-order valence-corrected chi connectivity index (χ3v) is 6.61. The number of imidazole rings is 1. The number of hydrogen-bond donors (Lipinski definition) is 2. The molecule has 0 aliphatic heterocycles. The number of benzene rings is 2. The van der Waals surface area contributed by atoms with Crippen LogP contribution >= 0.6 is 24.0 Å². The number of fused-ring (bicyclic) bond motifs is 3. The first-order valence-electron chi connectivity index (χ1n) is 12.7. The van der Waals surface area contributed by atoms with Gasteiger partial charge in [0.25, 0.3) is 0 Å². The summed E-state index contributed by atoms with van der Waals surface area (Å²) in [7, 11) is 1.66. The number of alkyl halides is 1. The fourth-order valence-electron chi connectivity index (χ4n) is 4.58. The summed E-state index contributed by atoms with van der Waals surface area (Å²) in [5.74, 6) is 0.360. The molecule has 2 aromatic heterocycles. The number of rotatable bonds is 14. The number of ether oxygens (including phenoxy) is 2. The number of anilines is 1. The van der Waals surface area contributed by atoms with Crippen molar-refractivity contribution in [2.45, 2.75) is 32.4 Å². The van der Waals surface area contributed by atoms with Crippen LogP contribution in [0.4, 0.5) is 5.82 Å². The summed E-state index contributed by atoms with van der Waals surface area (Å²) < 4.78 is 12.8. The van der Waals surface area contributed by atoms with E-state index in [0.29, 0.717) is 49.7 Å². The number of carbonyl (C=O) groups excluding carboxylic acids is 1. The SMILES string of the molecule is COCCc1nc2c(N)nc3ccccc3c2n1CCCCN(Cc1cccc(OCC(=O)O)c1)C(=O)CCl.Cl. The van der Waals surface area contributed by atoms with Crippen LogP contribution in [0.1, 0.15) is 24.2 Å². The van der Waals surface area contributed by atoms with Gasteiger partial charge in [-0.15, -0.1) is 24.0 Å². The Balaban J connectivity index is 0.00000441. The van der Waals surface area contributed by atoms with Gasteiger partial charge in [0, 0.05) is 38.6 Å². The van der Waals surface area contributed by atoms with Gasteiger partial charge in [0.15, 0.2) is 12.4 Å². The van der Waals surface area contributed by atoms with E-state index in [-0.39, 0.29) is 24.2 Å². The molecule has 12 heteroatoms. The van der Waals surface area contributed by atoms with Crippen LogP contribution in [0.15, 0.2) is 48.5 Å². The van der Waals surface area contributed by atoms with E-state index < -0.39 is 12.6 Å². The summed E-state index contributed by atoms with van der Waals surface area (Å²) in [6.07, 6.45) is 2.16. The van der Waals surface area contributed by atoms with Crippen molar-refractivity contribution in [3.8, 4) is 5.75 Å². The Kier molecular flexibility index (Phi) is 11.4. The van der Waals surface area contributed by atoms with Gasteiger partial charge in [0.2, 0.25) is 5.91 Å². The van der Waals surface area contributed by atoms with Crippen LogP contribution in [0.25, 0.3) is 21.9 Å². The molecule has 3 N–H and O–H groups in total. The number of para-hydroxylation sites is 1. The van der Waals surface area contributed by atoms with Gasteiger partial charge in [0.05, 0.1) is 17.6 Å². The Morgan fingerprint density at radius 3 is 2.67 bits per heavy atom. The van der Waals surface area contributed by atoms with E-state index >= 15 is 0 Å². The molecule has 2 aromatic carbocycles. The quantitative estimate of drug-likeness (QED) is 0.164. The number of carbonyl (C=O) groups is 2. The zero-order valence-electron chi connectivity index (χ0n) is 22.2. The number of nitrogen functional groups attached to an aromatic ring is 1. The average molecular weight is 591 g/mol. The summed E-state index contributed by atoms with van der Waals surface area (Å²) in [5, 5.41) is 9.84. The molecule has 214 valence electrons. The zero-order valence-corrected chi connectivity index (χ0v) is 23.8. The standard InChI is InChI=1S/C28H32ClN5O5.ClH/c1-38-14-11-23-32-26-27(21-9-2-3-10-22(21)31-28(26)30)34(23)13-5-4-12-33(24(35)16-29)17-19-7-6-8-20(15-19)39-18-25(36)37;/h2-3,6-10,15H,4-5,11-14,16-18H2,1H3,(H2,30,31)(H,36,37);1H. The molecule has 0 bridgehead atoms. The van der Waals surface area contributed by atoms with Crippen molar-refractivity contribution in [1.29, 1.82) is 0 Å². The summed E-state index contributed by atoms with van der Waals surface area (Å²) in [4.78, 5) is 34.5. The van der Waals surface area contributed by atoms with Crippen LogP contribution in [0, 0.1) is 0 Å². The summed E-state index contributed by atoms with van der Waals surface area (Å²) in [6.45, 7) is 1.64. The van der Waals surface area contributed by atoms with Gasteiger partial charge in [0.1, 0.15) is 23.0 Å². The summed E-state index contributed by atoms with van der Waals surface area (Å²) in [5.41, 5.74) is 9.56. The molecule has 0 aliphatic carbocycles. The normalized spacial score (nSPS) is 10.9. The van der Waals surface area contributed by atoms with Crippen molar-refractivity contribution in [3.63, 3.8) is 0 Å². The number of amides is 1. The maximum atomic E-state index is 12.6. The molecule has 0 atom stereocenters. The molecule has 0 spiro atoms. The van der Waals surface area contributed by atoms with Gasteiger partial charge < -0.3 is 29.8 Å². The number of nitrogens with two attached hydrogens (primary N) is 1. The molecule has 0 saturated heterocycles. The van der Waals surface area contributed by atoms with E-state index in [2.05, 4.69) is 9.55 Å². The van der Waals surface area contributed by atoms with Gasteiger partial charge in [-0.2, -0.15) is 0 Å². The zero-order chi connectivity index (χ0) is 27.8.